The summed E-state index contributed by atoms with van der Waals surface area (Å²) in [6, 6.07) is -1.32. The molecule has 0 saturated heterocycles. The highest BCUT2D eigenvalue weighted by Crippen LogP contribution is 2.19. The quantitative estimate of drug-likeness (QED) is 0.713. The van der Waals surface area contributed by atoms with Gasteiger partial charge in [-0.15, -0.1) is 6.58 Å². The number of hydrogen-bond acceptors (Lipinski definition) is 2. The van der Waals surface area contributed by atoms with Gasteiger partial charge in [-0.25, -0.2) is 9.59 Å². The second kappa shape index (κ2) is 5.53. The Labute approximate surface area is 96.1 Å². The smallest absolute Gasteiger partial charge is 0.326 e. The molecule has 0 heterocycles. The van der Waals surface area contributed by atoms with Gasteiger partial charge in [0.25, 0.3) is 0 Å². The molecule has 0 aliphatic heterocycles. The van der Waals surface area contributed by atoms with Crippen LogP contribution in [0.2, 0.25) is 0 Å². The average Bonchev–Trinajstić information content (AvgIpc) is 2.11. The Hall–Kier alpha value is -1.52. The van der Waals surface area contributed by atoms with Gasteiger partial charge in [-0.1, -0.05) is 26.8 Å². The molecule has 2 N–H and O–H groups in total. The van der Waals surface area contributed by atoms with E-state index in [2.05, 4.69) is 11.9 Å². The molecule has 0 saturated carbocycles. The summed E-state index contributed by atoms with van der Waals surface area (Å²) in [5.74, 6) is -1.03. The van der Waals surface area contributed by atoms with Crippen molar-refractivity contribution < 1.29 is 14.7 Å². The fraction of sp³-hybridized carbons (Fsp3) is 0.636. The Morgan fingerprint density at radius 2 is 2.00 bits per heavy atom. The molecule has 0 rings (SSSR count). The topological polar surface area (TPSA) is 69.6 Å². The zero-order chi connectivity index (χ0) is 12.9. The van der Waals surface area contributed by atoms with Gasteiger partial charge in [0.2, 0.25) is 0 Å². The second-order valence-corrected chi connectivity index (χ2v) is 4.76. The van der Waals surface area contributed by atoms with Crippen molar-refractivity contribution in [3.05, 3.63) is 12.7 Å². The summed E-state index contributed by atoms with van der Waals surface area (Å²) < 4.78 is 0. The normalized spacial score (nSPS) is 12.8. The number of amides is 2. The molecule has 0 aromatic rings. The second-order valence-electron chi connectivity index (χ2n) is 4.76. The van der Waals surface area contributed by atoms with Gasteiger partial charge in [0.05, 0.1) is 0 Å². The van der Waals surface area contributed by atoms with E-state index < -0.39 is 23.5 Å². The van der Waals surface area contributed by atoms with Gasteiger partial charge in [-0.05, 0) is 5.41 Å². The number of carbonyl (C=O) groups is 2. The largest absolute Gasteiger partial charge is 0.480 e. The molecule has 1 unspecified atom stereocenters. The van der Waals surface area contributed by atoms with E-state index in [1.807, 2.05) is 0 Å². The van der Waals surface area contributed by atoms with Crippen molar-refractivity contribution in [1.82, 2.24) is 10.2 Å². The van der Waals surface area contributed by atoms with Gasteiger partial charge < -0.3 is 15.3 Å². The van der Waals surface area contributed by atoms with E-state index in [9.17, 15) is 9.59 Å². The Bertz CT molecular complexity index is 281. The summed E-state index contributed by atoms with van der Waals surface area (Å²) in [6.07, 6.45) is 1.58. The highest BCUT2D eigenvalue weighted by Gasteiger charge is 2.33. The first-order chi connectivity index (χ1) is 7.20. The minimum absolute atomic E-state index is 0.377. The molecular formula is C11H20N2O3. The third-order valence-corrected chi connectivity index (χ3v) is 2.13. The Morgan fingerprint density at radius 1 is 1.50 bits per heavy atom. The van der Waals surface area contributed by atoms with E-state index >= 15 is 0 Å². The first kappa shape index (κ1) is 14.5. The summed E-state index contributed by atoms with van der Waals surface area (Å²) >= 11 is 0. The molecule has 0 fully saturated rings. The van der Waals surface area contributed by atoms with Crippen LogP contribution in [-0.2, 0) is 4.79 Å². The Kier molecular flexibility index (Phi) is 5.01. The van der Waals surface area contributed by atoms with Crippen molar-refractivity contribution in [1.29, 1.82) is 0 Å². The van der Waals surface area contributed by atoms with Crippen LogP contribution in [0.25, 0.3) is 0 Å². The first-order valence-electron chi connectivity index (χ1n) is 5.05. The van der Waals surface area contributed by atoms with Crippen LogP contribution in [0.3, 0.4) is 0 Å². The van der Waals surface area contributed by atoms with Crippen LogP contribution in [0.4, 0.5) is 4.79 Å². The van der Waals surface area contributed by atoms with Crippen molar-refractivity contribution in [2.45, 2.75) is 26.8 Å². The maximum atomic E-state index is 11.6. The van der Waals surface area contributed by atoms with Gasteiger partial charge in [0.15, 0.2) is 0 Å². The lowest BCUT2D eigenvalue weighted by Crippen LogP contribution is -2.52. The molecule has 0 aromatic carbocycles. The van der Waals surface area contributed by atoms with E-state index in [0.717, 1.165) is 0 Å². The first-order valence-corrected chi connectivity index (χ1v) is 5.05. The number of nitrogens with one attached hydrogen (secondary N) is 1. The summed E-state index contributed by atoms with van der Waals surface area (Å²) in [5.41, 5.74) is -0.531. The van der Waals surface area contributed by atoms with Gasteiger partial charge >= 0.3 is 12.0 Å². The van der Waals surface area contributed by atoms with Crippen molar-refractivity contribution in [3.8, 4) is 0 Å². The van der Waals surface area contributed by atoms with E-state index in [1.165, 1.54) is 4.90 Å². The van der Waals surface area contributed by atoms with Crippen LogP contribution >= 0.6 is 0 Å². The highest BCUT2D eigenvalue weighted by atomic mass is 16.4. The minimum atomic E-state index is -1.03. The van der Waals surface area contributed by atoms with Crippen LogP contribution < -0.4 is 5.32 Å². The lowest BCUT2D eigenvalue weighted by atomic mass is 9.87. The Morgan fingerprint density at radius 3 is 2.31 bits per heavy atom. The molecule has 0 spiro atoms. The van der Waals surface area contributed by atoms with Crippen molar-refractivity contribution in [2.24, 2.45) is 5.41 Å². The van der Waals surface area contributed by atoms with Crippen molar-refractivity contribution in [3.63, 3.8) is 0 Å². The Balaban J connectivity index is 4.59. The summed E-state index contributed by atoms with van der Waals surface area (Å²) in [4.78, 5) is 24.0. The molecule has 5 nitrogen and oxygen atoms in total. The number of carboxylic acid groups (broad SMARTS) is 1. The zero-order valence-electron chi connectivity index (χ0n) is 10.3. The van der Waals surface area contributed by atoms with E-state index in [-0.39, 0.29) is 0 Å². The van der Waals surface area contributed by atoms with Gasteiger partial charge in [0, 0.05) is 13.6 Å². The van der Waals surface area contributed by atoms with Crippen LogP contribution in [0.1, 0.15) is 20.8 Å². The van der Waals surface area contributed by atoms with Gasteiger partial charge in [-0.3, -0.25) is 0 Å². The molecule has 0 aliphatic carbocycles. The molecule has 16 heavy (non-hydrogen) atoms. The van der Waals surface area contributed by atoms with E-state index in [1.54, 1.807) is 33.9 Å². The molecule has 2 amide bonds. The van der Waals surface area contributed by atoms with Crippen molar-refractivity contribution >= 4 is 12.0 Å². The number of hydrogen-bond donors (Lipinski definition) is 2. The number of urea groups is 1. The minimum Gasteiger partial charge on any atom is -0.480 e. The average molecular weight is 228 g/mol. The number of carbonyl (C=O) groups excluding carboxylic acids is 1. The maximum Gasteiger partial charge on any atom is 0.326 e. The monoisotopic (exact) mass is 228 g/mol. The molecule has 0 radical (unpaired) electrons. The number of aliphatic carboxylic acids is 1. The van der Waals surface area contributed by atoms with Gasteiger partial charge in [0.1, 0.15) is 6.04 Å². The predicted octanol–water partition coefficient (Wildman–Crippen LogP) is 1.31. The van der Waals surface area contributed by atoms with E-state index in [0.29, 0.717) is 6.54 Å². The fourth-order valence-corrected chi connectivity index (χ4v) is 1.16. The van der Waals surface area contributed by atoms with Crippen LogP contribution in [0, 0.1) is 5.41 Å². The highest BCUT2D eigenvalue weighted by molar-refractivity contribution is 5.83. The molecular weight excluding hydrogens is 208 g/mol. The SMILES string of the molecule is C=CCN(C)C(=O)NC(C(=O)O)C(C)(C)C. The molecule has 0 aromatic heterocycles. The number of nitrogens with zero attached hydrogens (tertiary/aromatic N) is 1. The fourth-order valence-electron chi connectivity index (χ4n) is 1.16. The molecule has 1 atom stereocenters. The maximum absolute atomic E-state index is 11.6. The standard InChI is InChI=1S/C11H20N2O3/c1-6-7-13(5)10(16)12-8(9(14)15)11(2,3)4/h6,8H,1,7H2,2-5H3,(H,12,16)(H,14,15). The van der Waals surface area contributed by atoms with Crippen molar-refractivity contribution in [2.75, 3.05) is 13.6 Å². The van der Waals surface area contributed by atoms with Crippen LogP contribution in [0.15, 0.2) is 12.7 Å². The zero-order valence-corrected chi connectivity index (χ0v) is 10.3. The summed E-state index contributed by atoms with van der Waals surface area (Å²) in [6.45, 7) is 9.18. The lowest BCUT2D eigenvalue weighted by Gasteiger charge is -2.29. The molecule has 92 valence electrons. The number of rotatable bonds is 4. The lowest BCUT2D eigenvalue weighted by molar-refractivity contribution is -0.142. The number of carboxylic acids is 1. The van der Waals surface area contributed by atoms with E-state index in [4.69, 9.17) is 5.11 Å². The van der Waals surface area contributed by atoms with Crippen LogP contribution in [0.5, 0.6) is 0 Å². The molecule has 5 heteroatoms. The third kappa shape index (κ3) is 4.33. The number of likely N-dealkylation sites (N-methyl/N-ethyl adjacent to an activating group) is 1. The third-order valence-electron chi connectivity index (χ3n) is 2.13. The van der Waals surface area contributed by atoms with Gasteiger partial charge in [-0.2, -0.15) is 0 Å². The molecule has 0 aliphatic rings. The molecule has 0 bridgehead atoms. The summed E-state index contributed by atoms with van der Waals surface area (Å²) in [7, 11) is 1.58. The van der Waals surface area contributed by atoms with Crippen LogP contribution in [-0.4, -0.2) is 41.6 Å². The summed E-state index contributed by atoms with van der Waals surface area (Å²) in [5, 5.41) is 11.5. The predicted molar refractivity (Wildman–Crippen MR) is 62.2 cm³/mol.